The van der Waals surface area contributed by atoms with Gasteiger partial charge in [-0.3, -0.25) is 4.90 Å². The number of phenols is 1. The van der Waals surface area contributed by atoms with Gasteiger partial charge in [0.05, 0.1) is 24.2 Å². The van der Waals surface area contributed by atoms with Gasteiger partial charge < -0.3 is 29.2 Å². The van der Waals surface area contributed by atoms with Crippen molar-refractivity contribution in [3.63, 3.8) is 0 Å². The minimum atomic E-state index is -0.910. The van der Waals surface area contributed by atoms with Gasteiger partial charge >= 0.3 is 0 Å². The van der Waals surface area contributed by atoms with Crippen LogP contribution in [0.2, 0.25) is 0 Å². The molecule has 0 aromatic heterocycles. The van der Waals surface area contributed by atoms with E-state index in [4.69, 9.17) is 18.9 Å². The second-order valence-electron chi connectivity index (χ2n) is 11.7. The molecule has 2 saturated carbocycles. The minimum absolute atomic E-state index is 0.0649. The zero-order valence-corrected chi connectivity index (χ0v) is 18.6. The summed E-state index contributed by atoms with van der Waals surface area (Å²) in [4.78, 5) is 4.80. The summed E-state index contributed by atoms with van der Waals surface area (Å²) in [6.45, 7) is 3.10. The first-order valence-electron chi connectivity index (χ1n) is 12.7. The number of fused-ring (bicyclic) bond motifs is 2. The zero-order chi connectivity index (χ0) is 21.7. The van der Waals surface area contributed by atoms with Crippen LogP contribution in [-0.2, 0) is 26.0 Å². The molecule has 8 atom stereocenters. The normalized spacial score (nSPS) is 51.1. The Balaban J connectivity index is 1.24. The zero-order valence-electron chi connectivity index (χ0n) is 18.6. The number of hydrogen-bond donors (Lipinski definition) is 2. The number of rotatable bonds is 2. The van der Waals surface area contributed by atoms with Crippen molar-refractivity contribution >= 4 is 0 Å². The lowest BCUT2D eigenvalue weighted by atomic mass is 9.46. The maximum Gasteiger partial charge on any atom is 0.165 e. The second-order valence-corrected chi connectivity index (χ2v) is 11.7. The molecule has 33 heavy (non-hydrogen) atoms. The van der Waals surface area contributed by atoms with Crippen molar-refractivity contribution in [2.45, 2.75) is 86.0 Å². The highest BCUT2D eigenvalue weighted by Crippen LogP contribution is 2.69. The summed E-state index contributed by atoms with van der Waals surface area (Å²) >= 11 is 0. The molecule has 0 radical (unpaired) electrons. The fraction of sp³-hybridized carbons (Fsp3) is 0.760. The number of aliphatic hydroxyl groups is 1. The molecule has 6 fully saturated rings. The molecule has 2 spiro atoms. The number of nitrogens with zero attached hydrogens (tertiary/aromatic N) is 2. The minimum Gasteiger partial charge on any atom is -0.504 e. The molecule has 4 saturated heterocycles. The highest BCUT2D eigenvalue weighted by atomic mass is 16.7. The van der Waals surface area contributed by atoms with Crippen LogP contribution >= 0.6 is 0 Å². The Hall–Kier alpha value is -1.42. The van der Waals surface area contributed by atoms with Crippen LogP contribution in [0.4, 0.5) is 0 Å². The first-order valence-corrected chi connectivity index (χ1v) is 12.7. The predicted octanol–water partition coefficient (Wildman–Crippen LogP) is 1.07. The van der Waals surface area contributed by atoms with Crippen molar-refractivity contribution in [1.82, 2.24) is 9.80 Å². The molecule has 8 aliphatic rings. The fourth-order valence-corrected chi connectivity index (χ4v) is 8.93. The molecule has 3 aliphatic carbocycles. The van der Waals surface area contributed by atoms with Gasteiger partial charge in [-0.2, -0.15) is 0 Å². The molecular weight excluding hydrogens is 424 g/mol. The molecule has 5 unspecified atom stereocenters. The highest BCUT2D eigenvalue weighted by molar-refractivity contribution is 5.63. The Bertz CT molecular complexity index is 1080. The molecule has 2 bridgehead atoms. The van der Waals surface area contributed by atoms with Gasteiger partial charge in [0.2, 0.25) is 0 Å². The Morgan fingerprint density at radius 1 is 1.06 bits per heavy atom. The van der Waals surface area contributed by atoms with Gasteiger partial charge in [0, 0.05) is 18.2 Å². The largest absolute Gasteiger partial charge is 0.504 e. The lowest BCUT2D eigenvalue weighted by Crippen LogP contribution is -2.80. The average molecular weight is 455 g/mol. The third-order valence-electron chi connectivity index (χ3n) is 10.4. The van der Waals surface area contributed by atoms with E-state index < -0.39 is 22.7 Å². The summed E-state index contributed by atoms with van der Waals surface area (Å²) in [5, 5.41) is 23.6. The standard InChI is InChI=1S/C25H30N2O6/c28-15-4-3-14-9-16-25(29)6-5-24(22-27-17(11-31-22)30-12-18(27)33-24)21-23(25,19(14)20(15)32-21)7-8-26(16)10-13-1-2-13/h3-4,13,16-18,21-22,28-29H,1-2,5-12H2/t16?,17-,18-,21?,22-,23?,24?,25?/m0/s1. The number of ether oxygens (including phenoxy) is 4. The lowest BCUT2D eigenvalue weighted by molar-refractivity contribution is -0.259. The molecule has 176 valence electrons. The molecule has 1 aromatic rings. The van der Waals surface area contributed by atoms with Crippen LogP contribution in [0.25, 0.3) is 0 Å². The van der Waals surface area contributed by atoms with Gasteiger partial charge in [-0.25, -0.2) is 4.90 Å². The summed E-state index contributed by atoms with van der Waals surface area (Å²) in [5.74, 6) is 1.51. The fourth-order valence-electron chi connectivity index (χ4n) is 8.93. The monoisotopic (exact) mass is 454 g/mol. The van der Waals surface area contributed by atoms with Crippen LogP contribution in [0.3, 0.4) is 0 Å². The molecule has 9 rings (SSSR count). The summed E-state index contributed by atoms with van der Waals surface area (Å²) in [6.07, 6.45) is 4.72. The maximum absolute atomic E-state index is 12.7. The number of benzene rings is 1. The van der Waals surface area contributed by atoms with E-state index in [0.717, 1.165) is 37.4 Å². The van der Waals surface area contributed by atoms with Gasteiger partial charge in [0.15, 0.2) is 11.5 Å². The van der Waals surface area contributed by atoms with E-state index >= 15 is 0 Å². The van der Waals surface area contributed by atoms with E-state index in [-0.39, 0.29) is 30.5 Å². The Labute approximate surface area is 192 Å². The molecule has 0 amide bonds. The Morgan fingerprint density at radius 2 is 1.94 bits per heavy atom. The number of hydrogen-bond acceptors (Lipinski definition) is 8. The van der Waals surface area contributed by atoms with Crippen molar-refractivity contribution in [3.05, 3.63) is 23.3 Å². The average Bonchev–Trinajstić information content (AvgIpc) is 3.14. The second kappa shape index (κ2) is 5.69. The Kier molecular flexibility index (Phi) is 3.25. The van der Waals surface area contributed by atoms with Crippen LogP contribution < -0.4 is 4.74 Å². The highest BCUT2D eigenvalue weighted by Gasteiger charge is 2.80. The van der Waals surface area contributed by atoms with Crippen LogP contribution in [-0.4, -0.2) is 88.3 Å². The van der Waals surface area contributed by atoms with E-state index in [1.54, 1.807) is 6.07 Å². The van der Waals surface area contributed by atoms with Crippen LogP contribution in [0.15, 0.2) is 12.1 Å². The van der Waals surface area contributed by atoms with Crippen molar-refractivity contribution in [2.24, 2.45) is 5.92 Å². The van der Waals surface area contributed by atoms with E-state index in [9.17, 15) is 10.2 Å². The van der Waals surface area contributed by atoms with E-state index in [2.05, 4.69) is 15.9 Å². The molecule has 5 aliphatic heterocycles. The molecule has 1 aromatic carbocycles. The van der Waals surface area contributed by atoms with Crippen molar-refractivity contribution in [1.29, 1.82) is 0 Å². The number of aromatic hydroxyl groups is 1. The number of likely N-dealkylation sites (tertiary alicyclic amines) is 1. The molecule has 8 heteroatoms. The molecule has 2 N–H and O–H groups in total. The van der Waals surface area contributed by atoms with Gasteiger partial charge in [0.25, 0.3) is 0 Å². The van der Waals surface area contributed by atoms with Gasteiger partial charge in [0.1, 0.15) is 30.4 Å². The lowest BCUT2D eigenvalue weighted by Gasteiger charge is -2.66. The quantitative estimate of drug-likeness (QED) is 0.687. The summed E-state index contributed by atoms with van der Waals surface area (Å²) in [5.41, 5.74) is 0.0631. The first-order chi connectivity index (χ1) is 16.1. The van der Waals surface area contributed by atoms with Gasteiger partial charge in [-0.15, -0.1) is 0 Å². The van der Waals surface area contributed by atoms with E-state index in [0.29, 0.717) is 31.8 Å². The van der Waals surface area contributed by atoms with Gasteiger partial charge in [-0.1, -0.05) is 6.07 Å². The topological polar surface area (TPSA) is 83.9 Å². The summed E-state index contributed by atoms with van der Waals surface area (Å²) in [7, 11) is 0. The summed E-state index contributed by atoms with van der Waals surface area (Å²) < 4.78 is 25.8. The number of phenolic OH excluding ortho intramolecular Hbond substituents is 1. The maximum atomic E-state index is 12.7. The predicted molar refractivity (Wildman–Crippen MR) is 114 cm³/mol. The first kappa shape index (κ1) is 18.9. The number of piperidine rings is 1. The van der Waals surface area contributed by atoms with Crippen molar-refractivity contribution in [2.75, 3.05) is 26.3 Å². The Morgan fingerprint density at radius 3 is 2.82 bits per heavy atom. The third-order valence-corrected chi connectivity index (χ3v) is 10.4. The third kappa shape index (κ3) is 1.94. The van der Waals surface area contributed by atoms with Crippen LogP contribution in [0.5, 0.6) is 11.5 Å². The van der Waals surface area contributed by atoms with Crippen molar-refractivity contribution in [3.8, 4) is 11.5 Å². The SMILES string of the molecule is Oc1ccc2c3c1OC1C4(CCC5(O)C(C2)N(CC2CC2)CCC315)O[C@H]1CO[C@H]2CO[C@@H]4N21. The smallest absolute Gasteiger partial charge is 0.165 e. The van der Waals surface area contributed by atoms with E-state index in [1.807, 2.05) is 0 Å². The van der Waals surface area contributed by atoms with E-state index in [1.165, 1.54) is 18.4 Å². The molecule has 8 nitrogen and oxygen atoms in total. The summed E-state index contributed by atoms with van der Waals surface area (Å²) in [6, 6.07) is 3.89. The molecule has 5 heterocycles. The van der Waals surface area contributed by atoms with Crippen LogP contribution in [0, 0.1) is 5.92 Å². The van der Waals surface area contributed by atoms with Crippen molar-refractivity contribution < 1.29 is 29.2 Å². The van der Waals surface area contributed by atoms with Gasteiger partial charge in [-0.05, 0) is 62.6 Å². The van der Waals surface area contributed by atoms with Crippen LogP contribution in [0.1, 0.15) is 43.2 Å². The molecular formula is C25H30N2O6.